The van der Waals surface area contributed by atoms with E-state index in [1.807, 2.05) is 158 Å². The van der Waals surface area contributed by atoms with Gasteiger partial charge in [-0.3, -0.25) is 38.4 Å². The van der Waals surface area contributed by atoms with Crippen molar-refractivity contribution >= 4 is 169 Å². The number of hydrogen-bond donors (Lipinski definition) is 2. The number of nitro benzene ring substituents is 1. The molecule has 3 aromatic heterocycles. The first kappa shape index (κ1) is 78.8. The molecule has 0 radical (unpaired) electrons. The summed E-state index contributed by atoms with van der Waals surface area (Å²) in [6, 6.07) is 83.1. The van der Waals surface area contributed by atoms with Crippen LogP contribution in [0.2, 0.25) is 20.1 Å². The fourth-order valence-electron chi connectivity index (χ4n) is 12.5. The molecule has 0 aliphatic heterocycles. The number of anilines is 1. The van der Waals surface area contributed by atoms with Gasteiger partial charge in [0.1, 0.15) is 58.1 Å². The molecule has 0 unspecified atom stereocenters. The normalized spacial score (nSPS) is 10.8. The molecule has 0 fully saturated rings. The number of rotatable bonds is 8. The second-order valence-corrected chi connectivity index (χ2v) is 27.1. The summed E-state index contributed by atoms with van der Waals surface area (Å²) in [5.74, 6) is -4.74. The maximum Gasteiger partial charge on any atom is 0.293 e. The highest BCUT2D eigenvalue weighted by atomic mass is 35.5. The van der Waals surface area contributed by atoms with E-state index in [1.54, 1.807) is 36.4 Å². The number of carbonyl (C=O) groups is 4. The average molecular weight is 1620 g/mol. The van der Waals surface area contributed by atoms with Crippen LogP contribution in [0.3, 0.4) is 0 Å². The maximum absolute atomic E-state index is 14.4. The van der Waals surface area contributed by atoms with Crippen LogP contribution in [-0.4, -0.2) is 57.3 Å². The largest absolute Gasteiger partial charge is 0.393 e. The summed E-state index contributed by atoms with van der Waals surface area (Å²) in [6.07, 6.45) is 0.891. The highest BCUT2D eigenvalue weighted by Crippen LogP contribution is 2.37. The molecule has 0 saturated heterocycles. The number of H-pyrrole nitrogens is 1. The van der Waals surface area contributed by atoms with Crippen LogP contribution in [0.15, 0.2) is 297 Å². The molecule has 3 heterocycles. The molecular formula is C89H53Cl5F6N8O6. The molecule has 0 aliphatic rings. The van der Waals surface area contributed by atoms with E-state index in [0.717, 1.165) is 114 Å². The van der Waals surface area contributed by atoms with Gasteiger partial charge in [0.05, 0.1) is 54.7 Å². The van der Waals surface area contributed by atoms with E-state index < -0.39 is 56.9 Å². The molecule has 14 nitrogen and oxygen atoms in total. The Hall–Kier alpha value is -13.3. The SMILES string of the molecule is Clc1ccc2nc(-c3cccc4ccccc34)[nH]c2c1.Nc1ccc(Cl)cc1[N+](=O)[O-].O=C(Cl)c1ccc(F)cc1F.O=C(c1ccc(F)cc1F)n1c(-c2cccc3ccccc23)nc2cc(Cl)ccc21.O=C(c1ccc(F)cc1F)n1c(-c2cccc3ccccc23)nc2ccc(Cl)cc21.O=Cc1cccc2ccccc12. The lowest BCUT2D eigenvalue weighted by molar-refractivity contribution is -0.383. The van der Waals surface area contributed by atoms with Crippen LogP contribution in [0.1, 0.15) is 41.4 Å². The zero-order chi connectivity index (χ0) is 80.4. The summed E-state index contributed by atoms with van der Waals surface area (Å²) in [5, 5.41) is 19.5. The molecular weight excluding hydrogens is 1570 g/mol. The van der Waals surface area contributed by atoms with Crippen LogP contribution in [0.5, 0.6) is 0 Å². The molecule has 114 heavy (non-hydrogen) atoms. The van der Waals surface area contributed by atoms with E-state index >= 15 is 0 Å². The number of aromatic nitrogens is 6. The minimum atomic E-state index is -0.940. The minimum Gasteiger partial charge on any atom is -0.393 e. The summed E-state index contributed by atoms with van der Waals surface area (Å²) in [6.45, 7) is 0. The summed E-state index contributed by atoms with van der Waals surface area (Å²) in [4.78, 5) is 74.8. The van der Waals surface area contributed by atoms with E-state index in [1.165, 1.54) is 38.1 Å². The number of nitrogens with two attached hydrogens (primary N) is 1. The molecule has 3 N–H and O–H groups in total. The number of nitro groups is 1. The van der Waals surface area contributed by atoms with Crippen LogP contribution in [0.25, 0.3) is 110 Å². The molecule has 0 spiro atoms. The van der Waals surface area contributed by atoms with Gasteiger partial charge in [-0.15, -0.1) is 0 Å². The van der Waals surface area contributed by atoms with Crippen molar-refractivity contribution in [1.82, 2.24) is 29.1 Å². The van der Waals surface area contributed by atoms with Gasteiger partial charge < -0.3 is 10.7 Å². The Morgan fingerprint density at radius 2 is 0.807 bits per heavy atom. The Morgan fingerprint density at radius 1 is 0.404 bits per heavy atom. The lowest BCUT2D eigenvalue weighted by atomic mass is 10.0. The monoisotopic (exact) mass is 1620 g/mol. The highest BCUT2D eigenvalue weighted by Gasteiger charge is 2.26. The molecule has 18 aromatic rings. The third-order valence-corrected chi connectivity index (χ3v) is 18.9. The van der Waals surface area contributed by atoms with E-state index in [4.69, 9.17) is 63.7 Å². The van der Waals surface area contributed by atoms with Crippen molar-refractivity contribution in [2.75, 3.05) is 5.73 Å². The van der Waals surface area contributed by atoms with Gasteiger partial charge in [-0.05, 0) is 158 Å². The van der Waals surface area contributed by atoms with Gasteiger partial charge in [-0.25, -0.2) is 41.3 Å². The van der Waals surface area contributed by atoms with Gasteiger partial charge in [0, 0.05) is 66.6 Å². The Labute approximate surface area is 668 Å². The second-order valence-electron chi connectivity index (χ2n) is 25.0. The molecule has 0 saturated carbocycles. The molecule has 0 bridgehead atoms. The molecule has 0 aliphatic carbocycles. The van der Waals surface area contributed by atoms with Crippen LogP contribution >= 0.6 is 58.0 Å². The number of nitrogens with one attached hydrogen (secondary N) is 1. The number of fused-ring (bicyclic) bond motifs is 7. The molecule has 25 heteroatoms. The quantitative estimate of drug-likeness (QED) is 0.0368. The summed E-state index contributed by atoms with van der Waals surface area (Å²) < 4.78 is 83.1. The Bertz CT molecular complexity index is 6700. The summed E-state index contributed by atoms with van der Waals surface area (Å²) in [7, 11) is 0. The van der Waals surface area contributed by atoms with Crippen molar-refractivity contribution < 1.29 is 50.4 Å². The van der Waals surface area contributed by atoms with Crippen molar-refractivity contribution in [1.29, 1.82) is 0 Å². The first-order valence-electron chi connectivity index (χ1n) is 34.2. The second kappa shape index (κ2) is 34.9. The number of hydrogen-bond acceptors (Lipinski definition) is 10. The number of benzene rings is 15. The van der Waals surface area contributed by atoms with Crippen LogP contribution < -0.4 is 5.73 Å². The first-order valence-corrected chi connectivity index (χ1v) is 36.1. The molecule has 15 aromatic carbocycles. The van der Waals surface area contributed by atoms with Crippen molar-refractivity contribution in [3.63, 3.8) is 0 Å². The summed E-state index contributed by atoms with van der Waals surface area (Å²) >= 11 is 28.8. The number of aldehydes is 1. The predicted octanol–water partition coefficient (Wildman–Crippen LogP) is 24.8. The van der Waals surface area contributed by atoms with E-state index in [-0.39, 0.29) is 28.1 Å². The predicted molar refractivity (Wildman–Crippen MR) is 440 cm³/mol. The number of halogens is 11. The van der Waals surface area contributed by atoms with Crippen molar-refractivity contribution in [3.8, 4) is 34.2 Å². The number of carbonyl (C=O) groups excluding carboxylic acids is 4. The van der Waals surface area contributed by atoms with Crippen molar-refractivity contribution in [2.24, 2.45) is 0 Å². The van der Waals surface area contributed by atoms with Gasteiger partial charge >= 0.3 is 0 Å². The Balaban J connectivity index is 0.000000126. The van der Waals surface area contributed by atoms with Crippen LogP contribution in [0.4, 0.5) is 37.7 Å². The molecule has 0 amide bonds. The maximum atomic E-state index is 14.4. The molecule has 562 valence electrons. The Morgan fingerprint density at radius 3 is 1.31 bits per heavy atom. The van der Waals surface area contributed by atoms with E-state index in [9.17, 15) is 55.6 Å². The Kier molecular flexibility index (Phi) is 24.1. The standard InChI is InChI=1S/2C24H13ClF2N2O.C17H11ClN2.C11H8O.C7H3ClF2O.C6H5ClN2O2/c25-15-8-11-22-21(12-15)28-23(18-7-3-5-14-4-1-2-6-17(14)18)29(22)24(30)19-10-9-16(26)13-20(19)27;25-15-8-11-21-22(12-15)29(24(30)19-10-9-16(26)13-20(19)27)23(28-21)18-7-3-5-14-4-1-2-6-17(14)18;18-12-8-9-15-16(10-12)20-17(19-15)14-7-3-5-11-4-1-2-6-13(11)14;12-8-10-6-3-5-9-4-1-2-7-11(9)10;8-7(11)5-2-1-4(9)3-6(5)10;7-4-1-2-5(8)6(3-4)9(10)11/h2*1-13H;1-10H,(H,19,20);1-8H;1-3H;1-3H,8H2. The topological polar surface area (TPSA) is 202 Å². The molecule has 18 rings (SSSR count). The smallest absolute Gasteiger partial charge is 0.293 e. The zero-order valence-electron chi connectivity index (χ0n) is 58.7. The van der Waals surface area contributed by atoms with E-state index in [0.29, 0.717) is 72.0 Å². The van der Waals surface area contributed by atoms with Gasteiger partial charge in [0.25, 0.3) is 22.7 Å². The van der Waals surface area contributed by atoms with Gasteiger partial charge in [0.2, 0.25) is 0 Å². The van der Waals surface area contributed by atoms with Crippen LogP contribution in [0, 0.1) is 45.0 Å². The van der Waals surface area contributed by atoms with Gasteiger partial charge in [-0.1, -0.05) is 216 Å². The van der Waals surface area contributed by atoms with E-state index in [2.05, 4.69) is 50.3 Å². The number of imidazole rings is 3. The lowest BCUT2D eigenvalue weighted by Crippen LogP contribution is -2.15. The fraction of sp³-hybridized carbons (Fsp3) is 0. The molecule has 0 atom stereocenters. The average Bonchev–Trinajstić information content (AvgIpc) is 1.60. The summed E-state index contributed by atoms with van der Waals surface area (Å²) in [5.41, 5.74) is 11.6. The lowest BCUT2D eigenvalue weighted by Gasteiger charge is -2.11. The van der Waals surface area contributed by atoms with Crippen molar-refractivity contribution in [2.45, 2.75) is 0 Å². The zero-order valence-corrected chi connectivity index (χ0v) is 62.5. The highest BCUT2D eigenvalue weighted by molar-refractivity contribution is 6.67. The third-order valence-electron chi connectivity index (χ3n) is 17.8. The minimum absolute atomic E-state index is 0.124. The van der Waals surface area contributed by atoms with Crippen LogP contribution in [-0.2, 0) is 0 Å². The van der Waals surface area contributed by atoms with Gasteiger partial charge in [-0.2, -0.15) is 0 Å². The first-order chi connectivity index (χ1) is 55.0. The van der Waals surface area contributed by atoms with Crippen molar-refractivity contribution in [3.05, 3.63) is 385 Å². The number of aromatic amines is 1. The third kappa shape index (κ3) is 17.5. The van der Waals surface area contributed by atoms with Gasteiger partial charge in [0.15, 0.2) is 6.29 Å². The number of nitrogens with zero attached hydrogens (tertiary/aromatic N) is 6. The number of nitrogen functional groups attached to an aromatic ring is 1. The fourth-order valence-corrected chi connectivity index (χ4v) is 13.3.